The first-order chi connectivity index (χ1) is 9.22. The van der Waals surface area contributed by atoms with Gasteiger partial charge in [0.25, 0.3) is 6.47 Å². The number of carbonyl (C=O) groups is 1. The van der Waals surface area contributed by atoms with Crippen LogP contribution in [-0.4, -0.2) is 29.3 Å². The summed E-state index contributed by atoms with van der Waals surface area (Å²) in [6, 6.07) is 9.94. The van der Waals surface area contributed by atoms with Crippen LogP contribution < -0.4 is 0 Å². The Hall–Kier alpha value is -0.870. The minimum Gasteiger partial charge on any atom is -0.444 e. The smallest absolute Gasteiger partial charge is 0.294 e. The summed E-state index contributed by atoms with van der Waals surface area (Å²) >= 11 is 3.66. The summed E-state index contributed by atoms with van der Waals surface area (Å²) in [6.45, 7) is 4.69. The van der Waals surface area contributed by atoms with Crippen LogP contribution in [0.1, 0.15) is 31.6 Å². The Bertz CT molecular complexity index is 388. The summed E-state index contributed by atoms with van der Waals surface area (Å²) in [5, 5.41) is 0. The zero-order valence-electron chi connectivity index (χ0n) is 11.2. The molecule has 19 heavy (non-hydrogen) atoms. The van der Waals surface area contributed by atoms with Gasteiger partial charge in [-0.05, 0) is 18.8 Å². The number of hydrogen-bond donors (Lipinski definition) is 0. The summed E-state index contributed by atoms with van der Waals surface area (Å²) in [5.41, 5.74) is 1.04. The summed E-state index contributed by atoms with van der Waals surface area (Å²) in [4.78, 5) is 13.5. The molecule has 2 rings (SSSR count). The topological polar surface area (TPSA) is 29.5 Å². The van der Waals surface area contributed by atoms with Crippen LogP contribution in [0.2, 0.25) is 0 Å². The van der Waals surface area contributed by atoms with Crippen molar-refractivity contribution in [1.82, 2.24) is 4.90 Å². The predicted molar refractivity (Wildman–Crippen MR) is 79.0 cm³/mol. The molecule has 0 bridgehead atoms. The molecule has 3 nitrogen and oxygen atoms in total. The van der Waals surface area contributed by atoms with Crippen LogP contribution in [0, 0.1) is 5.92 Å². The highest BCUT2D eigenvalue weighted by Crippen LogP contribution is 2.30. The minimum atomic E-state index is -0.245. The van der Waals surface area contributed by atoms with Gasteiger partial charge in [-0.3, -0.25) is 9.69 Å². The van der Waals surface area contributed by atoms with Gasteiger partial charge in [0.2, 0.25) is 0 Å². The third kappa shape index (κ3) is 3.80. The van der Waals surface area contributed by atoms with Crippen molar-refractivity contribution in [1.29, 1.82) is 0 Å². The standard InChI is InChI=1S/C15H20BrNO2/c1-12(16)13-7-9-17(10-8-13)15(19-11-18)14-5-3-2-4-6-14/h2-6,11-13,15H,7-10H2,1H3. The molecule has 0 spiro atoms. The molecule has 4 heteroatoms. The molecule has 1 saturated heterocycles. The molecule has 0 saturated carbocycles. The van der Waals surface area contributed by atoms with Crippen LogP contribution in [-0.2, 0) is 9.53 Å². The maximum absolute atomic E-state index is 10.7. The van der Waals surface area contributed by atoms with Crippen molar-refractivity contribution in [3.63, 3.8) is 0 Å². The number of nitrogens with zero attached hydrogens (tertiary/aromatic N) is 1. The summed E-state index contributed by atoms with van der Waals surface area (Å²) in [7, 11) is 0. The Kier molecular flexibility index (Phi) is 5.40. The lowest BCUT2D eigenvalue weighted by Crippen LogP contribution is -2.39. The van der Waals surface area contributed by atoms with Gasteiger partial charge >= 0.3 is 0 Å². The number of piperidine rings is 1. The molecule has 1 aliphatic rings. The number of likely N-dealkylation sites (tertiary alicyclic amines) is 1. The van der Waals surface area contributed by atoms with E-state index in [1.165, 1.54) is 0 Å². The second-order valence-corrected chi connectivity index (χ2v) is 6.49. The van der Waals surface area contributed by atoms with Crippen LogP contribution in [0.4, 0.5) is 0 Å². The minimum absolute atomic E-state index is 0.245. The molecule has 2 atom stereocenters. The Morgan fingerprint density at radius 3 is 2.47 bits per heavy atom. The van der Waals surface area contributed by atoms with Gasteiger partial charge < -0.3 is 4.74 Å². The Morgan fingerprint density at radius 1 is 1.32 bits per heavy atom. The first-order valence-corrected chi connectivity index (χ1v) is 7.66. The van der Waals surface area contributed by atoms with Crippen molar-refractivity contribution >= 4 is 22.4 Å². The van der Waals surface area contributed by atoms with Gasteiger partial charge in [-0.25, -0.2) is 0 Å². The average molecular weight is 326 g/mol. The molecule has 104 valence electrons. The Morgan fingerprint density at radius 2 is 1.95 bits per heavy atom. The van der Waals surface area contributed by atoms with E-state index in [0.717, 1.165) is 31.5 Å². The fraction of sp³-hybridized carbons (Fsp3) is 0.533. The summed E-state index contributed by atoms with van der Waals surface area (Å²) in [6.07, 6.45) is 2.03. The highest BCUT2D eigenvalue weighted by molar-refractivity contribution is 9.09. The lowest BCUT2D eigenvalue weighted by Gasteiger charge is -2.37. The molecular weight excluding hydrogens is 306 g/mol. The fourth-order valence-corrected chi connectivity index (χ4v) is 3.19. The summed E-state index contributed by atoms with van der Waals surface area (Å²) in [5.74, 6) is 0.712. The van der Waals surface area contributed by atoms with Crippen molar-refractivity contribution < 1.29 is 9.53 Å². The van der Waals surface area contributed by atoms with E-state index in [0.29, 0.717) is 17.2 Å². The van der Waals surface area contributed by atoms with E-state index in [9.17, 15) is 4.79 Å². The van der Waals surface area contributed by atoms with Gasteiger partial charge in [0.05, 0.1) is 0 Å². The van der Waals surface area contributed by atoms with Crippen LogP contribution in [0.5, 0.6) is 0 Å². The van der Waals surface area contributed by atoms with Crippen LogP contribution in [0.15, 0.2) is 30.3 Å². The van der Waals surface area contributed by atoms with Gasteiger partial charge in [-0.1, -0.05) is 53.2 Å². The third-order valence-electron chi connectivity index (χ3n) is 3.82. The Labute approximate surface area is 123 Å². The van der Waals surface area contributed by atoms with Crippen molar-refractivity contribution in [2.24, 2.45) is 5.92 Å². The van der Waals surface area contributed by atoms with E-state index >= 15 is 0 Å². The van der Waals surface area contributed by atoms with Gasteiger partial charge in [0.15, 0.2) is 6.23 Å². The maximum atomic E-state index is 10.7. The highest BCUT2D eigenvalue weighted by Gasteiger charge is 2.28. The van der Waals surface area contributed by atoms with E-state index in [1.54, 1.807) is 0 Å². The van der Waals surface area contributed by atoms with E-state index < -0.39 is 0 Å². The molecule has 0 aromatic heterocycles. The molecule has 0 N–H and O–H groups in total. The molecule has 1 aromatic rings. The number of ether oxygens (including phenoxy) is 1. The molecule has 1 fully saturated rings. The quantitative estimate of drug-likeness (QED) is 0.614. The number of alkyl halides is 1. The molecule has 1 aromatic carbocycles. The maximum Gasteiger partial charge on any atom is 0.294 e. The zero-order valence-corrected chi connectivity index (χ0v) is 12.8. The number of halogens is 1. The Balaban J connectivity index is 2.03. The molecule has 0 radical (unpaired) electrons. The number of benzene rings is 1. The first kappa shape index (κ1) is 14.5. The number of rotatable bonds is 5. The van der Waals surface area contributed by atoms with Crippen molar-refractivity contribution in [3.8, 4) is 0 Å². The van der Waals surface area contributed by atoms with Gasteiger partial charge in [-0.15, -0.1) is 0 Å². The largest absolute Gasteiger partial charge is 0.444 e. The van der Waals surface area contributed by atoms with Crippen LogP contribution >= 0.6 is 15.9 Å². The zero-order chi connectivity index (χ0) is 13.7. The average Bonchev–Trinajstić information content (AvgIpc) is 2.46. The van der Waals surface area contributed by atoms with E-state index in [-0.39, 0.29) is 6.23 Å². The fourth-order valence-electron chi connectivity index (χ4n) is 2.66. The van der Waals surface area contributed by atoms with Gasteiger partial charge in [-0.2, -0.15) is 0 Å². The lowest BCUT2D eigenvalue weighted by molar-refractivity contribution is -0.146. The normalized spacial score (nSPS) is 20.7. The van der Waals surface area contributed by atoms with Crippen LogP contribution in [0.25, 0.3) is 0 Å². The molecule has 1 aliphatic heterocycles. The van der Waals surface area contributed by atoms with E-state index in [1.807, 2.05) is 30.3 Å². The SMILES string of the molecule is CC(Br)C1CCN(C(OC=O)c2ccccc2)CC1. The van der Waals surface area contributed by atoms with Crippen molar-refractivity contribution in [2.75, 3.05) is 13.1 Å². The van der Waals surface area contributed by atoms with Crippen molar-refractivity contribution in [2.45, 2.75) is 30.8 Å². The lowest BCUT2D eigenvalue weighted by atomic mass is 9.94. The third-order valence-corrected chi connectivity index (χ3v) is 4.57. The molecule has 0 aliphatic carbocycles. The highest BCUT2D eigenvalue weighted by atomic mass is 79.9. The summed E-state index contributed by atoms with van der Waals surface area (Å²) < 4.78 is 5.30. The van der Waals surface area contributed by atoms with E-state index in [2.05, 4.69) is 27.8 Å². The second-order valence-electron chi connectivity index (χ2n) is 5.05. The number of carbonyl (C=O) groups excluding carboxylic acids is 1. The molecule has 0 amide bonds. The second kappa shape index (κ2) is 7.06. The van der Waals surface area contributed by atoms with Crippen LogP contribution in [0.3, 0.4) is 0 Å². The monoisotopic (exact) mass is 325 g/mol. The van der Waals surface area contributed by atoms with Crippen molar-refractivity contribution in [3.05, 3.63) is 35.9 Å². The molecular formula is C15H20BrNO2. The molecule has 2 unspecified atom stereocenters. The van der Waals surface area contributed by atoms with Gasteiger partial charge in [0.1, 0.15) is 0 Å². The first-order valence-electron chi connectivity index (χ1n) is 6.74. The van der Waals surface area contributed by atoms with Gasteiger partial charge in [0, 0.05) is 23.5 Å². The number of hydrogen-bond acceptors (Lipinski definition) is 3. The van der Waals surface area contributed by atoms with E-state index in [4.69, 9.17) is 4.74 Å². The molecule has 1 heterocycles. The predicted octanol–water partition coefficient (Wildman–Crippen LogP) is 3.35.